The van der Waals surface area contributed by atoms with Gasteiger partial charge in [0, 0.05) is 18.7 Å². The molecule has 0 bridgehead atoms. The topological polar surface area (TPSA) is 59.0 Å². The SMILES string of the molecule is COc1ccc(O[C@@H]2C[C@@H]3CN(CC(=O)c4ccc(O)c(F)c4)C[C@@H]3C2)cc1. The molecule has 1 aliphatic heterocycles. The van der Waals surface area contributed by atoms with E-state index < -0.39 is 11.6 Å². The largest absolute Gasteiger partial charge is 0.505 e. The molecule has 2 fully saturated rings. The lowest BCUT2D eigenvalue weighted by Crippen LogP contribution is -2.30. The molecular formula is C22H24FNO4. The highest BCUT2D eigenvalue weighted by Gasteiger charge is 2.42. The lowest BCUT2D eigenvalue weighted by molar-refractivity contribution is 0.0936. The third-order valence-corrected chi connectivity index (χ3v) is 5.78. The Bertz CT molecular complexity index is 840. The molecule has 5 nitrogen and oxygen atoms in total. The van der Waals surface area contributed by atoms with Crippen LogP contribution in [-0.2, 0) is 0 Å². The van der Waals surface area contributed by atoms with Crippen molar-refractivity contribution >= 4 is 5.78 Å². The predicted molar refractivity (Wildman–Crippen MR) is 102 cm³/mol. The highest BCUT2D eigenvalue weighted by molar-refractivity contribution is 5.97. The first-order valence-electron chi connectivity index (χ1n) is 9.56. The van der Waals surface area contributed by atoms with Crippen LogP contribution in [0.1, 0.15) is 23.2 Å². The fourth-order valence-electron chi connectivity index (χ4n) is 4.39. The molecule has 1 saturated carbocycles. The Morgan fingerprint density at radius 1 is 1.11 bits per heavy atom. The highest BCUT2D eigenvalue weighted by atomic mass is 19.1. The first-order valence-corrected chi connectivity index (χ1v) is 9.56. The molecule has 3 atom stereocenters. The number of carbonyl (C=O) groups excluding carboxylic acids is 1. The smallest absolute Gasteiger partial charge is 0.176 e. The van der Waals surface area contributed by atoms with Gasteiger partial charge in [0.15, 0.2) is 17.3 Å². The normalized spacial score (nSPS) is 24.1. The number of nitrogens with zero attached hydrogens (tertiary/aromatic N) is 1. The molecule has 2 aromatic rings. The van der Waals surface area contributed by atoms with E-state index in [4.69, 9.17) is 9.47 Å². The molecule has 28 heavy (non-hydrogen) atoms. The van der Waals surface area contributed by atoms with Gasteiger partial charge in [-0.2, -0.15) is 0 Å². The monoisotopic (exact) mass is 385 g/mol. The first kappa shape index (κ1) is 18.7. The number of likely N-dealkylation sites (tertiary alicyclic amines) is 1. The fourth-order valence-corrected chi connectivity index (χ4v) is 4.39. The average Bonchev–Trinajstić information content (AvgIpc) is 3.22. The maximum atomic E-state index is 13.5. The fraction of sp³-hybridized carbons (Fsp3) is 0.409. The van der Waals surface area contributed by atoms with Gasteiger partial charge in [-0.1, -0.05) is 0 Å². The molecule has 1 N–H and O–H groups in total. The van der Waals surface area contributed by atoms with E-state index in [-0.39, 0.29) is 18.4 Å². The highest BCUT2D eigenvalue weighted by Crippen LogP contribution is 2.40. The number of methoxy groups -OCH3 is 1. The number of phenolic OH excluding ortho intramolecular Hbond substituents is 1. The average molecular weight is 385 g/mol. The third kappa shape index (κ3) is 3.97. The van der Waals surface area contributed by atoms with Crippen LogP contribution in [0.25, 0.3) is 0 Å². The molecule has 1 aliphatic carbocycles. The van der Waals surface area contributed by atoms with Crippen molar-refractivity contribution in [2.45, 2.75) is 18.9 Å². The molecule has 2 aliphatic rings. The zero-order valence-corrected chi connectivity index (χ0v) is 15.8. The van der Waals surface area contributed by atoms with E-state index in [0.29, 0.717) is 17.4 Å². The third-order valence-electron chi connectivity index (χ3n) is 5.78. The van der Waals surface area contributed by atoms with Crippen LogP contribution in [0.5, 0.6) is 17.2 Å². The Labute approximate surface area is 163 Å². The molecule has 148 valence electrons. The van der Waals surface area contributed by atoms with E-state index in [1.807, 2.05) is 24.3 Å². The minimum atomic E-state index is -0.761. The van der Waals surface area contributed by atoms with Crippen LogP contribution >= 0.6 is 0 Å². The number of ketones is 1. The summed E-state index contributed by atoms with van der Waals surface area (Å²) in [6, 6.07) is 11.4. The molecule has 4 rings (SSSR count). The summed E-state index contributed by atoms with van der Waals surface area (Å²) in [6.45, 7) is 2.00. The summed E-state index contributed by atoms with van der Waals surface area (Å²) in [7, 11) is 1.64. The van der Waals surface area contributed by atoms with E-state index in [9.17, 15) is 14.3 Å². The number of rotatable bonds is 6. The van der Waals surface area contributed by atoms with E-state index in [1.54, 1.807) is 7.11 Å². The second kappa shape index (κ2) is 7.80. The summed E-state index contributed by atoms with van der Waals surface area (Å²) in [4.78, 5) is 14.6. The summed E-state index contributed by atoms with van der Waals surface area (Å²) < 4.78 is 24.7. The lowest BCUT2D eigenvalue weighted by Gasteiger charge is -2.19. The van der Waals surface area contributed by atoms with Gasteiger partial charge in [0.2, 0.25) is 0 Å². The Kier molecular flexibility index (Phi) is 5.22. The molecule has 1 saturated heterocycles. The summed E-state index contributed by atoms with van der Waals surface area (Å²) in [5.74, 6) is 1.39. The van der Waals surface area contributed by atoms with Crippen molar-refractivity contribution in [2.24, 2.45) is 11.8 Å². The van der Waals surface area contributed by atoms with Gasteiger partial charge in [-0.15, -0.1) is 0 Å². The van der Waals surface area contributed by atoms with Crippen molar-refractivity contribution in [1.29, 1.82) is 0 Å². The molecular weight excluding hydrogens is 361 g/mol. The van der Waals surface area contributed by atoms with Crippen molar-refractivity contribution in [1.82, 2.24) is 4.90 Å². The zero-order valence-electron chi connectivity index (χ0n) is 15.8. The van der Waals surface area contributed by atoms with Crippen molar-refractivity contribution in [3.8, 4) is 17.2 Å². The van der Waals surface area contributed by atoms with Crippen LogP contribution in [-0.4, -0.2) is 48.6 Å². The van der Waals surface area contributed by atoms with E-state index in [2.05, 4.69) is 4.90 Å². The lowest BCUT2D eigenvalue weighted by atomic mass is 10.0. The van der Waals surface area contributed by atoms with Crippen molar-refractivity contribution in [2.75, 3.05) is 26.7 Å². The van der Waals surface area contributed by atoms with Crippen LogP contribution in [0.3, 0.4) is 0 Å². The standard InChI is InChI=1S/C22H24FNO4/c1-27-17-3-5-18(6-4-17)28-19-8-15-11-24(12-16(15)9-19)13-22(26)14-2-7-21(25)20(23)10-14/h2-7,10,15-16,19,25H,8-9,11-13H2,1H3/t15-,16+,19-. The second-order valence-corrected chi connectivity index (χ2v) is 7.69. The Morgan fingerprint density at radius 3 is 2.36 bits per heavy atom. The van der Waals surface area contributed by atoms with Crippen LogP contribution in [0.15, 0.2) is 42.5 Å². The van der Waals surface area contributed by atoms with Gasteiger partial charge in [-0.05, 0) is 67.1 Å². The van der Waals surface area contributed by atoms with Gasteiger partial charge in [-0.3, -0.25) is 9.69 Å². The number of benzene rings is 2. The minimum absolute atomic E-state index is 0.120. The predicted octanol–water partition coefficient (Wildman–Crippen LogP) is 3.51. The number of fused-ring (bicyclic) bond motifs is 1. The number of halogens is 1. The minimum Gasteiger partial charge on any atom is -0.505 e. The van der Waals surface area contributed by atoms with Crippen LogP contribution in [0.4, 0.5) is 4.39 Å². The summed E-state index contributed by atoms with van der Waals surface area (Å²) in [6.07, 6.45) is 2.16. The number of hydrogen-bond acceptors (Lipinski definition) is 5. The molecule has 0 radical (unpaired) electrons. The van der Waals surface area contributed by atoms with Crippen LogP contribution < -0.4 is 9.47 Å². The number of carbonyl (C=O) groups is 1. The Hall–Kier alpha value is -2.60. The number of Topliss-reactive ketones (excluding diaryl/α,β-unsaturated/α-hetero) is 1. The van der Waals surface area contributed by atoms with Gasteiger partial charge < -0.3 is 14.6 Å². The number of ether oxygens (including phenoxy) is 2. The van der Waals surface area contributed by atoms with Gasteiger partial charge >= 0.3 is 0 Å². The van der Waals surface area contributed by atoms with Crippen molar-refractivity contribution in [3.05, 3.63) is 53.8 Å². The zero-order chi connectivity index (χ0) is 19.7. The van der Waals surface area contributed by atoms with E-state index >= 15 is 0 Å². The molecule has 0 amide bonds. The van der Waals surface area contributed by atoms with Crippen molar-refractivity contribution < 1.29 is 23.8 Å². The maximum Gasteiger partial charge on any atom is 0.176 e. The molecule has 0 spiro atoms. The molecule has 1 heterocycles. The Morgan fingerprint density at radius 2 is 1.75 bits per heavy atom. The molecule has 2 aromatic carbocycles. The molecule has 0 aromatic heterocycles. The van der Waals surface area contributed by atoms with Gasteiger partial charge in [-0.25, -0.2) is 4.39 Å². The van der Waals surface area contributed by atoms with Gasteiger partial charge in [0.05, 0.1) is 19.8 Å². The summed E-state index contributed by atoms with van der Waals surface area (Å²) in [5, 5.41) is 9.26. The maximum absolute atomic E-state index is 13.5. The second-order valence-electron chi connectivity index (χ2n) is 7.69. The Balaban J connectivity index is 1.28. The quantitative estimate of drug-likeness (QED) is 0.771. The van der Waals surface area contributed by atoms with Crippen LogP contribution in [0, 0.1) is 17.7 Å². The van der Waals surface area contributed by atoms with Crippen molar-refractivity contribution in [3.63, 3.8) is 0 Å². The van der Waals surface area contributed by atoms with Crippen LogP contribution in [0.2, 0.25) is 0 Å². The van der Waals surface area contributed by atoms with Gasteiger partial charge in [0.25, 0.3) is 0 Å². The molecule has 6 heteroatoms. The summed E-state index contributed by atoms with van der Waals surface area (Å²) >= 11 is 0. The van der Waals surface area contributed by atoms with E-state index in [0.717, 1.165) is 43.5 Å². The first-order chi connectivity index (χ1) is 13.5. The van der Waals surface area contributed by atoms with E-state index in [1.165, 1.54) is 12.1 Å². The number of phenols is 1. The van der Waals surface area contributed by atoms with Gasteiger partial charge in [0.1, 0.15) is 11.5 Å². The molecule has 0 unspecified atom stereocenters. The summed E-state index contributed by atoms with van der Waals surface area (Å²) in [5.41, 5.74) is 0.299. The number of hydrogen-bond donors (Lipinski definition) is 1. The number of aromatic hydroxyl groups is 1.